The van der Waals surface area contributed by atoms with Crippen molar-refractivity contribution in [2.24, 2.45) is 10.8 Å². The summed E-state index contributed by atoms with van der Waals surface area (Å²) < 4.78 is 20.2. The standard InChI is InChI=1S/C37H72N6O9/c1-7-8-18-36(2,3)20-16-29-51-35(48)52-30-17-21-37(4,5)19-15-28-50-34(47)43-27-14-12-25-41-32(45)39-23-10-9-22-38-31(44)40-24-11-13-26-42-33(46)49-6/h7-30H2,1-6H3,(H,42,46)(H,43,47)(H2,38,40,44)(H2,39,41,45). The van der Waals surface area contributed by atoms with Gasteiger partial charge in [0, 0.05) is 39.3 Å². The number of alkyl carbamates (subject to hydrolysis) is 2. The van der Waals surface area contributed by atoms with Crippen molar-refractivity contribution in [3.63, 3.8) is 0 Å². The molecule has 0 atom stereocenters. The lowest BCUT2D eigenvalue weighted by Gasteiger charge is -2.24. The summed E-state index contributed by atoms with van der Waals surface area (Å²) >= 11 is 0. The summed E-state index contributed by atoms with van der Waals surface area (Å²) in [5, 5.41) is 16.4. The molecular weight excluding hydrogens is 672 g/mol. The minimum Gasteiger partial charge on any atom is -0.453 e. The van der Waals surface area contributed by atoms with E-state index in [-0.39, 0.29) is 22.9 Å². The molecule has 0 aromatic heterocycles. The summed E-state index contributed by atoms with van der Waals surface area (Å²) in [6.45, 7) is 15.0. The van der Waals surface area contributed by atoms with Gasteiger partial charge >= 0.3 is 30.4 Å². The Morgan fingerprint density at radius 1 is 0.442 bits per heavy atom. The molecule has 0 aliphatic carbocycles. The number of carbonyl (C=O) groups is 5. The molecule has 0 radical (unpaired) electrons. The van der Waals surface area contributed by atoms with Crippen LogP contribution in [0.25, 0.3) is 0 Å². The van der Waals surface area contributed by atoms with Crippen LogP contribution in [-0.4, -0.2) is 96.6 Å². The Morgan fingerprint density at radius 3 is 1.13 bits per heavy atom. The van der Waals surface area contributed by atoms with Crippen molar-refractivity contribution < 1.29 is 42.9 Å². The van der Waals surface area contributed by atoms with Crippen LogP contribution in [0.5, 0.6) is 0 Å². The van der Waals surface area contributed by atoms with Crippen LogP contribution < -0.4 is 31.9 Å². The third-order valence-electron chi connectivity index (χ3n) is 8.55. The average molecular weight is 745 g/mol. The van der Waals surface area contributed by atoms with E-state index in [4.69, 9.17) is 14.2 Å². The summed E-state index contributed by atoms with van der Waals surface area (Å²) in [5.74, 6) is 0. The maximum atomic E-state index is 12.0. The van der Waals surface area contributed by atoms with E-state index in [1.165, 1.54) is 26.4 Å². The number of amides is 6. The van der Waals surface area contributed by atoms with Gasteiger partial charge in [-0.25, -0.2) is 24.0 Å². The molecule has 52 heavy (non-hydrogen) atoms. The quantitative estimate of drug-likeness (QED) is 0.0262. The van der Waals surface area contributed by atoms with Gasteiger partial charge in [0.1, 0.15) is 0 Å². The second kappa shape index (κ2) is 30.9. The second-order valence-corrected chi connectivity index (χ2v) is 14.7. The van der Waals surface area contributed by atoms with Gasteiger partial charge in [0.25, 0.3) is 0 Å². The highest BCUT2D eigenvalue weighted by molar-refractivity contribution is 5.74. The Morgan fingerprint density at radius 2 is 0.769 bits per heavy atom. The highest BCUT2D eigenvalue weighted by Gasteiger charge is 2.19. The fraction of sp³-hybridized carbons (Fsp3) is 0.865. The van der Waals surface area contributed by atoms with Gasteiger partial charge in [-0.15, -0.1) is 0 Å². The average Bonchev–Trinajstić information content (AvgIpc) is 3.10. The van der Waals surface area contributed by atoms with Crippen LogP contribution in [0, 0.1) is 10.8 Å². The summed E-state index contributed by atoms with van der Waals surface area (Å²) in [4.78, 5) is 58.5. The number of ether oxygens (including phenoxy) is 4. The molecule has 6 amide bonds. The fourth-order valence-corrected chi connectivity index (χ4v) is 5.26. The van der Waals surface area contributed by atoms with E-state index in [9.17, 15) is 24.0 Å². The predicted molar refractivity (Wildman–Crippen MR) is 202 cm³/mol. The Hall–Kier alpha value is -3.65. The fourth-order valence-electron chi connectivity index (χ4n) is 5.26. The molecule has 0 aliphatic heterocycles. The van der Waals surface area contributed by atoms with Crippen molar-refractivity contribution in [1.29, 1.82) is 0 Å². The number of urea groups is 2. The molecule has 0 spiro atoms. The molecule has 0 unspecified atom stereocenters. The Balaban J connectivity index is 3.64. The number of unbranched alkanes of at least 4 members (excludes halogenated alkanes) is 4. The molecular formula is C37H72N6O9. The summed E-state index contributed by atoms with van der Waals surface area (Å²) in [7, 11) is 1.31. The summed E-state index contributed by atoms with van der Waals surface area (Å²) in [6.07, 6.45) is 11.5. The van der Waals surface area contributed by atoms with Crippen LogP contribution in [0.3, 0.4) is 0 Å². The molecule has 0 aromatic rings. The predicted octanol–water partition coefficient (Wildman–Crippen LogP) is 6.74. The highest BCUT2D eigenvalue weighted by Crippen LogP contribution is 2.29. The third-order valence-corrected chi connectivity index (χ3v) is 8.55. The first kappa shape index (κ1) is 48.3. The lowest BCUT2D eigenvalue weighted by molar-refractivity contribution is 0.0484. The van der Waals surface area contributed by atoms with E-state index < -0.39 is 18.3 Å². The van der Waals surface area contributed by atoms with E-state index in [0.29, 0.717) is 71.9 Å². The van der Waals surface area contributed by atoms with Crippen LogP contribution in [0.2, 0.25) is 0 Å². The Kier molecular flexibility index (Phi) is 28.8. The molecule has 0 saturated carbocycles. The number of carbonyl (C=O) groups excluding carboxylic acids is 5. The first-order valence-electron chi connectivity index (χ1n) is 19.4. The molecule has 6 N–H and O–H groups in total. The molecule has 0 fully saturated rings. The van der Waals surface area contributed by atoms with Crippen molar-refractivity contribution in [3.8, 4) is 0 Å². The minimum atomic E-state index is -0.597. The zero-order valence-corrected chi connectivity index (χ0v) is 33.1. The van der Waals surface area contributed by atoms with Gasteiger partial charge in [0.15, 0.2) is 0 Å². The Bertz CT molecular complexity index is 981. The zero-order chi connectivity index (χ0) is 38.9. The Labute approximate surface area is 312 Å². The van der Waals surface area contributed by atoms with Crippen LogP contribution in [0.1, 0.15) is 131 Å². The lowest BCUT2D eigenvalue weighted by Crippen LogP contribution is -2.38. The molecule has 0 aliphatic rings. The topological polar surface area (TPSA) is 194 Å². The SMILES string of the molecule is CCCCC(C)(C)CCCOC(=O)OCCCC(C)(C)CCCOC(=O)NCCCCNC(=O)NCCCCNC(=O)NCCCCNC(=O)OC. The van der Waals surface area contributed by atoms with Gasteiger partial charge in [-0.2, -0.15) is 0 Å². The molecule has 15 nitrogen and oxygen atoms in total. The minimum absolute atomic E-state index is 0.0283. The van der Waals surface area contributed by atoms with Crippen LogP contribution in [-0.2, 0) is 18.9 Å². The van der Waals surface area contributed by atoms with E-state index in [1.54, 1.807) is 0 Å². The van der Waals surface area contributed by atoms with Gasteiger partial charge in [-0.05, 0) is 94.3 Å². The van der Waals surface area contributed by atoms with Crippen molar-refractivity contribution >= 4 is 30.4 Å². The van der Waals surface area contributed by atoms with Crippen LogP contribution in [0.15, 0.2) is 0 Å². The number of rotatable bonds is 30. The third kappa shape index (κ3) is 32.3. The molecule has 0 heterocycles. The first-order valence-corrected chi connectivity index (χ1v) is 19.4. The maximum Gasteiger partial charge on any atom is 0.508 e. The van der Waals surface area contributed by atoms with Crippen molar-refractivity contribution in [1.82, 2.24) is 31.9 Å². The van der Waals surface area contributed by atoms with Gasteiger partial charge in [-0.1, -0.05) is 47.5 Å². The lowest BCUT2D eigenvalue weighted by atomic mass is 9.83. The van der Waals surface area contributed by atoms with Crippen molar-refractivity contribution in [3.05, 3.63) is 0 Å². The largest absolute Gasteiger partial charge is 0.508 e. The summed E-state index contributed by atoms with van der Waals surface area (Å²) in [6, 6.07) is -0.492. The van der Waals surface area contributed by atoms with Gasteiger partial charge in [-0.3, -0.25) is 0 Å². The van der Waals surface area contributed by atoms with Gasteiger partial charge in [0.05, 0.1) is 26.9 Å². The summed E-state index contributed by atoms with van der Waals surface area (Å²) in [5.41, 5.74) is 0.299. The number of hydrogen-bond acceptors (Lipinski definition) is 9. The number of methoxy groups -OCH3 is 1. The monoisotopic (exact) mass is 745 g/mol. The van der Waals surface area contributed by atoms with Gasteiger partial charge in [0.2, 0.25) is 0 Å². The van der Waals surface area contributed by atoms with Gasteiger partial charge < -0.3 is 50.8 Å². The molecule has 0 rings (SSSR count). The molecule has 15 heteroatoms. The first-order chi connectivity index (χ1) is 24.8. The molecule has 0 bridgehead atoms. The normalized spacial score (nSPS) is 11.2. The van der Waals surface area contributed by atoms with Crippen molar-refractivity contribution in [2.45, 2.75) is 131 Å². The maximum absolute atomic E-state index is 12.0. The zero-order valence-electron chi connectivity index (χ0n) is 33.1. The van der Waals surface area contributed by atoms with E-state index in [1.807, 2.05) is 0 Å². The van der Waals surface area contributed by atoms with Crippen LogP contribution in [0.4, 0.5) is 24.0 Å². The smallest absolute Gasteiger partial charge is 0.453 e. The molecule has 304 valence electrons. The molecule has 0 aromatic carbocycles. The van der Waals surface area contributed by atoms with Crippen LogP contribution >= 0.6 is 0 Å². The molecule has 0 saturated heterocycles. The highest BCUT2D eigenvalue weighted by atomic mass is 16.7. The van der Waals surface area contributed by atoms with E-state index in [2.05, 4.69) is 71.3 Å². The number of nitrogens with one attached hydrogen (secondary N) is 6. The number of hydrogen-bond donors (Lipinski definition) is 6. The van der Waals surface area contributed by atoms with E-state index >= 15 is 0 Å². The van der Waals surface area contributed by atoms with E-state index in [0.717, 1.165) is 64.2 Å². The van der Waals surface area contributed by atoms with Crippen molar-refractivity contribution in [2.75, 3.05) is 66.2 Å². The second-order valence-electron chi connectivity index (χ2n) is 14.7.